The highest BCUT2D eigenvalue weighted by atomic mass is 35.5. The summed E-state index contributed by atoms with van der Waals surface area (Å²) in [6.45, 7) is 2.05. The molecule has 2 heterocycles. The summed E-state index contributed by atoms with van der Waals surface area (Å²) in [6.07, 6.45) is 2.08. The maximum Gasteiger partial charge on any atom is 0.227 e. The minimum Gasteiger partial charge on any atom is -0.497 e. The zero-order valence-corrected chi connectivity index (χ0v) is 19.0. The summed E-state index contributed by atoms with van der Waals surface area (Å²) < 4.78 is 7.14. The van der Waals surface area contributed by atoms with Gasteiger partial charge in [0, 0.05) is 26.9 Å². The molecule has 7 heteroatoms. The van der Waals surface area contributed by atoms with Crippen molar-refractivity contribution in [2.24, 2.45) is 0 Å². The van der Waals surface area contributed by atoms with Gasteiger partial charge in [-0.3, -0.25) is 0 Å². The lowest BCUT2D eigenvalue weighted by Crippen LogP contribution is -2.20. The summed E-state index contributed by atoms with van der Waals surface area (Å²) >= 11 is 12.9. The largest absolute Gasteiger partial charge is 0.497 e. The summed E-state index contributed by atoms with van der Waals surface area (Å²) in [6, 6.07) is 21.2. The summed E-state index contributed by atoms with van der Waals surface area (Å²) in [5, 5.41) is 9.46. The van der Waals surface area contributed by atoms with Gasteiger partial charge >= 0.3 is 0 Å². The van der Waals surface area contributed by atoms with Crippen molar-refractivity contribution in [1.82, 2.24) is 14.8 Å². The Morgan fingerprint density at radius 3 is 2.38 bits per heavy atom. The molecular formula is C25H20Cl2N4O. The first-order chi connectivity index (χ1) is 15.5. The first kappa shape index (κ1) is 20.6. The van der Waals surface area contributed by atoms with Gasteiger partial charge in [0.25, 0.3) is 0 Å². The summed E-state index contributed by atoms with van der Waals surface area (Å²) in [7, 11) is 1.65. The number of hydrogen-bond donors (Lipinski definition) is 1. The van der Waals surface area contributed by atoms with E-state index >= 15 is 0 Å². The number of nitrogens with one attached hydrogen (secondary N) is 1. The van der Waals surface area contributed by atoms with E-state index in [9.17, 15) is 0 Å². The molecule has 0 saturated carbocycles. The Kier molecular flexibility index (Phi) is 5.37. The summed E-state index contributed by atoms with van der Waals surface area (Å²) in [5.74, 6) is 2.07. The number of allylic oxidation sites excluding steroid dienone is 1. The van der Waals surface area contributed by atoms with Gasteiger partial charge in [-0.1, -0.05) is 53.0 Å². The zero-order chi connectivity index (χ0) is 22.2. The molecule has 5 nitrogen and oxygen atoms in total. The molecular weight excluding hydrogens is 443 g/mol. The van der Waals surface area contributed by atoms with Crippen molar-refractivity contribution < 1.29 is 4.74 Å². The highest BCUT2D eigenvalue weighted by Gasteiger charge is 2.27. The molecule has 0 aliphatic carbocycles. The standard InChI is InChI=1S/C25H20Cl2N4O/c1-15-3-5-17(6-4-15)24-29-25-28-22(16-7-10-19(32-2)11-8-16)14-23(31(25)30-24)20-13-18(26)9-12-21(20)27/h3-14,23H,1-2H3,(H,28,29,30)/t23-/m0/s1. The van der Waals surface area contributed by atoms with E-state index in [2.05, 4.69) is 30.4 Å². The number of anilines is 1. The molecule has 3 aromatic carbocycles. The molecule has 1 aromatic heterocycles. The van der Waals surface area contributed by atoms with Gasteiger partial charge in [-0.2, -0.15) is 4.98 Å². The maximum absolute atomic E-state index is 6.58. The number of nitrogens with zero attached hydrogens (tertiary/aromatic N) is 3. The van der Waals surface area contributed by atoms with Gasteiger partial charge in [0.1, 0.15) is 11.8 Å². The van der Waals surface area contributed by atoms with Crippen LogP contribution in [0.15, 0.2) is 72.8 Å². The number of benzene rings is 3. The van der Waals surface area contributed by atoms with Crippen LogP contribution < -0.4 is 10.1 Å². The van der Waals surface area contributed by atoms with Crippen LogP contribution in [0.2, 0.25) is 10.0 Å². The molecule has 0 amide bonds. The second-order valence-electron chi connectivity index (χ2n) is 7.61. The third-order valence-corrected chi connectivity index (χ3v) is 6.03. The Balaban J connectivity index is 1.63. The third kappa shape index (κ3) is 3.85. The molecule has 0 fully saturated rings. The number of hydrogen-bond acceptors (Lipinski definition) is 4. The molecule has 0 saturated heterocycles. The molecule has 0 radical (unpaired) electrons. The number of methoxy groups -OCH3 is 1. The van der Waals surface area contributed by atoms with Crippen LogP contribution >= 0.6 is 23.2 Å². The molecule has 1 atom stereocenters. The average molecular weight is 463 g/mol. The third-order valence-electron chi connectivity index (χ3n) is 5.45. The van der Waals surface area contributed by atoms with Crippen LogP contribution in [0.25, 0.3) is 17.1 Å². The van der Waals surface area contributed by atoms with Crippen LogP contribution in [0.1, 0.15) is 22.7 Å². The lowest BCUT2D eigenvalue weighted by Gasteiger charge is -2.25. The molecule has 1 N–H and O–H groups in total. The number of ether oxygens (including phenoxy) is 1. The molecule has 160 valence electrons. The predicted molar refractivity (Wildman–Crippen MR) is 129 cm³/mol. The lowest BCUT2D eigenvalue weighted by atomic mass is 10.0. The van der Waals surface area contributed by atoms with E-state index in [1.807, 2.05) is 47.1 Å². The van der Waals surface area contributed by atoms with Gasteiger partial charge in [-0.05, 0) is 61.0 Å². The average Bonchev–Trinajstić information content (AvgIpc) is 3.25. The highest BCUT2D eigenvalue weighted by Crippen LogP contribution is 2.37. The van der Waals surface area contributed by atoms with Gasteiger partial charge in [-0.25, -0.2) is 4.68 Å². The smallest absolute Gasteiger partial charge is 0.227 e. The fourth-order valence-electron chi connectivity index (χ4n) is 3.72. The minimum absolute atomic E-state index is 0.277. The number of fused-ring (bicyclic) bond motifs is 1. The maximum atomic E-state index is 6.58. The van der Waals surface area contributed by atoms with Gasteiger partial charge < -0.3 is 10.1 Å². The molecule has 1 aliphatic rings. The normalized spacial score (nSPS) is 15.0. The topological polar surface area (TPSA) is 52.0 Å². The Morgan fingerprint density at radius 2 is 1.66 bits per heavy atom. The van der Waals surface area contributed by atoms with Crippen LogP contribution in [-0.2, 0) is 0 Å². The van der Waals surface area contributed by atoms with E-state index < -0.39 is 0 Å². The lowest BCUT2D eigenvalue weighted by molar-refractivity contribution is 0.415. The predicted octanol–water partition coefficient (Wildman–Crippen LogP) is 6.62. The fraction of sp³-hybridized carbons (Fsp3) is 0.120. The monoisotopic (exact) mass is 462 g/mol. The molecule has 4 aromatic rings. The summed E-state index contributed by atoms with van der Waals surface area (Å²) in [4.78, 5) is 4.79. The number of aromatic nitrogens is 3. The van der Waals surface area contributed by atoms with E-state index in [1.54, 1.807) is 19.2 Å². The van der Waals surface area contributed by atoms with Gasteiger partial charge in [-0.15, -0.1) is 5.10 Å². The van der Waals surface area contributed by atoms with E-state index in [4.69, 9.17) is 38.0 Å². The number of rotatable bonds is 4. The second kappa shape index (κ2) is 8.34. The highest BCUT2D eigenvalue weighted by molar-refractivity contribution is 6.33. The van der Waals surface area contributed by atoms with Crippen LogP contribution in [-0.4, -0.2) is 21.9 Å². The Morgan fingerprint density at radius 1 is 0.938 bits per heavy atom. The Bertz CT molecular complexity index is 1310. The number of aryl methyl sites for hydroxylation is 1. The van der Waals surface area contributed by atoms with Crippen LogP contribution in [0.4, 0.5) is 5.95 Å². The van der Waals surface area contributed by atoms with Crippen LogP contribution in [0.3, 0.4) is 0 Å². The van der Waals surface area contributed by atoms with E-state index in [-0.39, 0.29) is 6.04 Å². The van der Waals surface area contributed by atoms with E-state index in [0.29, 0.717) is 21.8 Å². The molecule has 0 bridgehead atoms. The van der Waals surface area contributed by atoms with Crippen molar-refractivity contribution in [2.45, 2.75) is 13.0 Å². The zero-order valence-electron chi connectivity index (χ0n) is 17.5. The molecule has 32 heavy (non-hydrogen) atoms. The SMILES string of the molecule is COc1ccc(C2=C[C@@H](c3cc(Cl)ccc3Cl)n3nc(-c4ccc(C)cc4)nc3N2)cc1. The summed E-state index contributed by atoms with van der Waals surface area (Å²) in [5.41, 5.74) is 4.89. The van der Waals surface area contributed by atoms with Crippen molar-refractivity contribution in [2.75, 3.05) is 12.4 Å². The van der Waals surface area contributed by atoms with Crippen LogP contribution in [0.5, 0.6) is 5.75 Å². The molecule has 1 aliphatic heterocycles. The van der Waals surface area contributed by atoms with E-state index in [1.165, 1.54) is 5.56 Å². The quantitative estimate of drug-likeness (QED) is 0.369. The minimum atomic E-state index is -0.277. The number of halogens is 2. The van der Waals surface area contributed by atoms with Crippen molar-refractivity contribution in [3.63, 3.8) is 0 Å². The molecule has 0 spiro atoms. The van der Waals surface area contributed by atoms with Gasteiger partial charge in [0.15, 0.2) is 5.82 Å². The van der Waals surface area contributed by atoms with Crippen molar-refractivity contribution in [3.05, 3.63) is 99.5 Å². The Labute approximate surface area is 196 Å². The first-order valence-corrected chi connectivity index (χ1v) is 10.9. The van der Waals surface area contributed by atoms with Crippen molar-refractivity contribution >= 4 is 34.8 Å². The molecule has 5 rings (SSSR count). The second-order valence-corrected chi connectivity index (χ2v) is 8.46. The van der Waals surface area contributed by atoms with E-state index in [0.717, 1.165) is 28.1 Å². The fourth-order valence-corrected chi connectivity index (χ4v) is 4.13. The van der Waals surface area contributed by atoms with Crippen molar-refractivity contribution in [3.8, 4) is 17.1 Å². The Hall–Kier alpha value is -3.28. The van der Waals surface area contributed by atoms with Crippen molar-refractivity contribution in [1.29, 1.82) is 0 Å². The van der Waals surface area contributed by atoms with Gasteiger partial charge in [0.05, 0.1) is 7.11 Å². The first-order valence-electron chi connectivity index (χ1n) is 10.1. The van der Waals surface area contributed by atoms with Crippen LogP contribution in [0, 0.1) is 6.92 Å². The van der Waals surface area contributed by atoms with Gasteiger partial charge in [0.2, 0.25) is 5.95 Å². The molecule has 0 unspecified atom stereocenters.